The number of alkyl halides is 3. The van der Waals surface area contributed by atoms with Crippen LogP contribution in [0.4, 0.5) is 18.9 Å². The minimum absolute atomic E-state index is 0.379. The molecule has 0 saturated carbocycles. The van der Waals surface area contributed by atoms with E-state index in [4.69, 9.17) is 5.73 Å². The van der Waals surface area contributed by atoms with Crippen molar-refractivity contribution in [2.75, 3.05) is 5.73 Å². The van der Waals surface area contributed by atoms with Gasteiger partial charge in [-0.05, 0) is 17.7 Å². The maximum absolute atomic E-state index is 12.1. The number of nitrogens with two attached hydrogens (primary N) is 1. The van der Waals surface area contributed by atoms with Crippen molar-refractivity contribution in [3.63, 3.8) is 0 Å². The van der Waals surface area contributed by atoms with Crippen LogP contribution in [-0.2, 0) is 6.18 Å². The molecule has 0 amide bonds. The number of aromatic carboxylic acids is 1. The van der Waals surface area contributed by atoms with Crippen molar-refractivity contribution in [3.05, 3.63) is 29.3 Å². The zero-order valence-electron chi connectivity index (χ0n) is 6.76. The van der Waals surface area contributed by atoms with Crippen molar-refractivity contribution in [3.8, 4) is 0 Å². The SMILES string of the molecule is Nc1cc(C(=O)[O-])ccc1C(F)(F)F. The summed E-state index contributed by atoms with van der Waals surface area (Å²) >= 11 is 0. The number of halogens is 3. The van der Waals surface area contributed by atoms with Crippen LogP contribution in [0.5, 0.6) is 0 Å². The van der Waals surface area contributed by atoms with Gasteiger partial charge in [-0.25, -0.2) is 0 Å². The lowest BCUT2D eigenvalue weighted by atomic mass is 10.1. The van der Waals surface area contributed by atoms with Crippen molar-refractivity contribution in [1.82, 2.24) is 0 Å². The number of rotatable bonds is 1. The van der Waals surface area contributed by atoms with Crippen molar-refractivity contribution >= 4 is 11.7 Å². The van der Waals surface area contributed by atoms with E-state index in [-0.39, 0.29) is 5.56 Å². The quantitative estimate of drug-likeness (QED) is 0.683. The largest absolute Gasteiger partial charge is 0.545 e. The van der Waals surface area contributed by atoms with Crippen LogP contribution in [0.2, 0.25) is 0 Å². The topological polar surface area (TPSA) is 66.2 Å². The van der Waals surface area contributed by atoms with E-state index in [1.165, 1.54) is 0 Å². The zero-order chi connectivity index (χ0) is 10.9. The van der Waals surface area contributed by atoms with E-state index in [0.717, 1.165) is 12.1 Å². The Balaban J connectivity index is 3.21. The van der Waals surface area contributed by atoms with Gasteiger partial charge in [0.25, 0.3) is 0 Å². The van der Waals surface area contributed by atoms with Crippen molar-refractivity contribution in [2.24, 2.45) is 0 Å². The molecule has 0 radical (unpaired) electrons. The van der Waals surface area contributed by atoms with Crippen molar-refractivity contribution in [2.45, 2.75) is 6.18 Å². The fourth-order valence-electron chi connectivity index (χ4n) is 0.948. The maximum Gasteiger partial charge on any atom is 0.418 e. The molecule has 0 bridgehead atoms. The van der Waals surface area contributed by atoms with Gasteiger partial charge in [0.05, 0.1) is 11.5 Å². The first-order valence-corrected chi connectivity index (χ1v) is 3.50. The Labute approximate surface area is 77.0 Å². The van der Waals surface area contributed by atoms with Gasteiger partial charge in [-0.15, -0.1) is 0 Å². The number of carbonyl (C=O) groups excluding carboxylic acids is 1. The number of nitrogen functional groups attached to an aromatic ring is 1. The van der Waals surface area contributed by atoms with Gasteiger partial charge in [-0.1, -0.05) is 6.07 Å². The molecule has 0 aliphatic carbocycles. The Morgan fingerprint density at radius 2 is 1.93 bits per heavy atom. The first-order valence-electron chi connectivity index (χ1n) is 3.50. The van der Waals surface area contributed by atoms with Crippen LogP contribution in [0.1, 0.15) is 15.9 Å². The van der Waals surface area contributed by atoms with Gasteiger partial charge in [0.1, 0.15) is 0 Å². The summed E-state index contributed by atoms with van der Waals surface area (Å²) in [6.07, 6.45) is -4.57. The number of hydrogen-bond donors (Lipinski definition) is 1. The molecular weight excluding hydrogens is 199 g/mol. The fraction of sp³-hybridized carbons (Fsp3) is 0.125. The summed E-state index contributed by atoms with van der Waals surface area (Å²) in [6, 6.07) is 2.13. The average Bonchev–Trinajstić information content (AvgIpc) is 2.01. The lowest BCUT2D eigenvalue weighted by Gasteiger charge is -2.11. The Morgan fingerprint density at radius 1 is 1.36 bits per heavy atom. The molecule has 6 heteroatoms. The summed E-state index contributed by atoms with van der Waals surface area (Å²) in [7, 11) is 0. The predicted octanol–water partition coefficient (Wildman–Crippen LogP) is 0.651. The van der Waals surface area contributed by atoms with Crippen LogP contribution in [0.3, 0.4) is 0 Å². The molecular formula is C8H5F3NO2-. The van der Waals surface area contributed by atoms with Crippen LogP contribution in [-0.4, -0.2) is 5.97 Å². The van der Waals surface area contributed by atoms with E-state index in [1.807, 2.05) is 0 Å². The summed E-state index contributed by atoms with van der Waals surface area (Å²) in [6.45, 7) is 0. The molecule has 76 valence electrons. The monoisotopic (exact) mass is 204 g/mol. The third kappa shape index (κ3) is 1.95. The van der Waals surface area contributed by atoms with Crippen molar-refractivity contribution in [1.29, 1.82) is 0 Å². The van der Waals surface area contributed by atoms with E-state index in [0.29, 0.717) is 6.07 Å². The van der Waals surface area contributed by atoms with E-state index >= 15 is 0 Å². The number of benzene rings is 1. The second kappa shape index (κ2) is 3.21. The molecule has 0 aliphatic rings. The van der Waals surface area contributed by atoms with Gasteiger partial charge in [0, 0.05) is 5.69 Å². The first-order chi connectivity index (χ1) is 6.32. The molecule has 1 aromatic rings. The first kappa shape index (κ1) is 10.4. The molecule has 1 rings (SSSR count). The van der Waals surface area contributed by atoms with Gasteiger partial charge >= 0.3 is 6.18 Å². The van der Waals surface area contributed by atoms with Crippen molar-refractivity contribution < 1.29 is 23.1 Å². The van der Waals surface area contributed by atoms with Crippen LogP contribution in [0.25, 0.3) is 0 Å². The summed E-state index contributed by atoms with van der Waals surface area (Å²) < 4.78 is 36.4. The van der Waals surface area contributed by atoms with Crippen LogP contribution in [0.15, 0.2) is 18.2 Å². The van der Waals surface area contributed by atoms with E-state index in [9.17, 15) is 23.1 Å². The zero-order valence-corrected chi connectivity index (χ0v) is 6.76. The summed E-state index contributed by atoms with van der Waals surface area (Å²) in [5.41, 5.74) is 2.98. The Bertz CT molecular complexity index is 373. The van der Waals surface area contributed by atoms with Crippen LogP contribution in [0, 0.1) is 0 Å². The minimum Gasteiger partial charge on any atom is -0.545 e. The fourth-order valence-corrected chi connectivity index (χ4v) is 0.948. The second-order valence-electron chi connectivity index (χ2n) is 2.59. The Hall–Kier alpha value is -1.72. The highest BCUT2D eigenvalue weighted by atomic mass is 19.4. The summed E-state index contributed by atoms with van der Waals surface area (Å²) in [4.78, 5) is 10.3. The Kier molecular flexibility index (Phi) is 2.37. The van der Waals surface area contributed by atoms with Gasteiger partial charge < -0.3 is 15.6 Å². The number of hydrogen-bond acceptors (Lipinski definition) is 3. The van der Waals surface area contributed by atoms with Gasteiger partial charge in [-0.2, -0.15) is 13.2 Å². The molecule has 0 unspecified atom stereocenters. The number of carbonyl (C=O) groups is 1. The highest BCUT2D eigenvalue weighted by Gasteiger charge is 2.32. The van der Waals surface area contributed by atoms with E-state index < -0.39 is 23.4 Å². The Morgan fingerprint density at radius 3 is 2.29 bits per heavy atom. The molecule has 0 atom stereocenters. The summed E-state index contributed by atoms with van der Waals surface area (Å²) in [5.74, 6) is -1.56. The van der Waals surface area contributed by atoms with E-state index in [1.54, 1.807) is 0 Å². The lowest BCUT2D eigenvalue weighted by Crippen LogP contribution is -2.22. The number of carboxylic acid groups (broad SMARTS) is 1. The third-order valence-corrected chi connectivity index (χ3v) is 1.59. The average molecular weight is 204 g/mol. The molecule has 14 heavy (non-hydrogen) atoms. The molecule has 0 spiro atoms. The summed E-state index contributed by atoms with van der Waals surface area (Å²) in [5, 5.41) is 10.3. The molecule has 0 heterocycles. The molecule has 0 fully saturated rings. The van der Waals surface area contributed by atoms with Crippen LogP contribution < -0.4 is 10.8 Å². The van der Waals surface area contributed by atoms with Gasteiger partial charge in [-0.3, -0.25) is 0 Å². The number of carboxylic acids is 1. The van der Waals surface area contributed by atoms with Gasteiger partial charge in [0.15, 0.2) is 0 Å². The number of anilines is 1. The molecule has 2 N–H and O–H groups in total. The second-order valence-corrected chi connectivity index (χ2v) is 2.59. The molecule has 0 saturated heterocycles. The normalized spacial score (nSPS) is 11.4. The molecule has 0 aromatic heterocycles. The minimum atomic E-state index is -4.57. The lowest BCUT2D eigenvalue weighted by molar-refractivity contribution is -0.255. The molecule has 3 nitrogen and oxygen atoms in total. The highest BCUT2D eigenvalue weighted by molar-refractivity contribution is 5.87. The maximum atomic E-state index is 12.1. The molecule has 1 aromatic carbocycles. The predicted molar refractivity (Wildman–Crippen MR) is 40.2 cm³/mol. The van der Waals surface area contributed by atoms with Gasteiger partial charge in [0.2, 0.25) is 0 Å². The molecule has 0 aliphatic heterocycles. The van der Waals surface area contributed by atoms with Crippen LogP contribution >= 0.6 is 0 Å². The standard InChI is InChI=1S/C8H6F3NO2/c9-8(10,11)5-2-1-4(7(13)14)3-6(5)12/h1-3H,12H2,(H,13,14)/p-1. The van der Waals surface area contributed by atoms with E-state index in [2.05, 4.69) is 0 Å². The highest BCUT2D eigenvalue weighted by Crippen LogP contribution is 2.33. The smallest absolute Gasteiger partial charge is 0.418 e. The third-order valence-electron chi connectivity index (χ3n) is 1.59.